The molecule has 0 N–H and O–H groups in total. The van der Waals surface area contributed by atoms with Gasteiger partial charge < -0.3 is 4.74 Å². The number of aryl methyl sites for hydroxylation is 1. The van der Waals surface area contributed by atoms with Crippen LogP contribution in [-0.2, 0) is 19.6 Å². The molecule has 1 aliphatic carbocycles. The lowest BCUT2D eigenvalue weighted by Crippen LogP contribution is -2.39. The SMILES string of the molecule is CCOC(=O)/C=C/C1=Cc2cccnc2C(C2CCN(S(C)(=O)=O)CC2)c2ccc(C)cc21. The number of carbonyl (C=O) groups is 1. The average Bonchev–Trinajstić information content (AvgIpc) is 2.91. The highest BCUT2D eigenvalue weighted by Crippen LogP contribution is 2.44. The van der Waals surface area contributed by atoms with Crippen LogP contribution in [-0.4, -0.2) is 49.6 Å². The lowest BCUT2D eigenvalue weighted by Gasteiger charge is -2.35. The van der Waals surface area contributed by atoms with Gasteiger partial charge in [-0.25, -0.2) is 17.5 Å². The molecule has 0 saturated carbocycles. The van der Waals surface area contributed by atoms with Crippen LogP contribution in [0.1, 0.15) is 53.6 Å². The number of nitrogens with zero attached hydrogens (tertiary/aromatic N) is 2. The number of carbonyl (C=O) groups excluding carboxylic acids is 1. The predicted octanol–water partition coefficient (Wildman–Crippen LogP) is 4.17. The number of benzene rings is 1. The minimum absolute atomic E-state index is 0.0447. The van der Waals surface area contributed by atoms with Gasteiger partial charge in [0.25, 0.3) is 0 Å². The Kier molecular flexibility index (Phi) is 6.81. The van der Waals surface area contributed by atoms with Crippen LogP contribution in [0, 0.1) is 12.8 Å². The predicted molar refractivity (Wildman–Crippen MR) is 130 cm³/mol. The van der Waals surface area contributed by atoms with Crippen molar-refractivity contribution >= 4 is 27.6 Å². The summed E-state index contributed by atoms with van der Waals surface area (Å²) in [6.45, 7) is 5.22. The van der Waals surface area contributed by atoms with Gasteiger partial charge in [-0.05, 0) is 73.1 Å². The van der Waals surface area contributed by atoms with E-state index in [1.807, 2.05) is 18.3 Å². The molecule has 1 saturated heterocycles. The number of sulfonamides is 1. The summed E-state index contributed by atoms with van der Waals surface area (Å²) >= 11 is 0. The Hall–Kier alpha value is -2.77. The molecule has 1 aliphatic heterocycles. The van der Waals surface area contributed by atoms with E-state index in [-0.39, 0.29) is 17.8 Å². The lowest BCUT2D eigenvalue weighted by atomic mass is 9.76. The summed E-state index contributed by atoms with van der Waals surface area (Å²) in [4.78, 5) is 16.8. The minimum atomic E-state index is -3.19. The Balaban J connectivity index is 1.79. The normalized spacial score (nSPS) is 19.5. The molecule has 2 heterocycles. The van der Waals surface area contributed by atoms with E-state index >= 15 is 0 Å². The van der Waals surface area contributed by atoms with Crippen LogP contribution in [0.5, 0.6) is 0 Å². The van der Waals surface area contributed by atoms with Crippen LogP contribution in [0.25, 0.3) is 11.6 Å². The summed E-state index contributed by atoms with van der Waals surface area (Å²) in [5.41, 5.74) is 6.32. The Morgan fingerprint density at radius 2 is 2.00 bits per heavy atom. The van der Waals surface area contributed by atoms with E-state index in [9.17, 15) is 13.2 Å². The summed E-state index contributed by atoms with van der Waals surface area (Å²) in [6, 6.07) is 10.4. The van der Waals surface area contributed by atoms with Gasteiger partial charge >= 0.3 is 5.97 Å². The standard InChI is InChI=1S/C26H30N2O4S/c1-4-32-24(29)10-8-20-17-21-6-5-13-27-26(21)25(22-9-7-18(2)16-23(20)22)19-11-14-28(15-12-19)33(3,30)31/h5-10,13,16-17,19,25H,4,11-12,14-15H2,1-3H3/b10-8+. The van der Waals surface area contributed by atoms with Gasteiger partial charge in [-0.3, -0.25) is 4.98 Å². The highest BCUT2D eigenvalue weighted by Gasteiger charge is 2.35. The van der Waals surface area contributed by atoms with Gasteiger partial charge in [0.05, 0.1) is 18.6 Å². The Labute approximate surface area is 196 Å². The maximum absolute atomic E-state index is 12.0. The molecule has 7 heteroatoms. The van der Waals surface area contributed by atoms with Gasteiger partial charge in [-0.15, -0.1) is 0 Å². The molecule has 0 radical (unpaired) electrons. The second-order valence-corrected chi connectivity index (χ2v) is 10.7. The van der Waals surface area contributed by atoms with Gasteiger partial charge in [0, 0.05) is 31.3 Å². The van der Waals surface area contributed by atoms with Crippen molar-refractivity contribution in [2.45, 2.75) is 32.6 Å². The highest BCUT2D eigenvalue weighted by atomic mass is 32.2. The Morgan fingerprint density at radius 1 is 1.24 bits per heavy atom. The van der Waals surface area contributed by atoms with Gasteiger partial charge in [-0.2, -0.15) is 0 Å². The molecule has 1 atom stereocenters. The average molecular weight is 467 g/mol. The van der Waals surface area contributed by atoms with Crippen molar-refractivity contribution < 1.29 is 17.9 Å². The van der Waals surface area contributed by atoms with Crippen molar-refractivity contribution in [3.8, 4) is 0 Å². The molecule has 0 bridgehead atoms. The summed E-state index contributed by atoms with van der Waals surface area (Å²) in [5, 5.41) is 0. The first-order valence-corrected chi connectivity index (χ1v) is 13.2. The second-order valence-electron chi connectivity index (χ2n) is 8.73. The van der Waals surface area contributed by atoms with Crippen molar-refractivity contribution in [2.24, 2.45) is 5.92 Å². The van der Waals surface area contributed by atoms with Crippen LogP contribution in [0.3, 0.4) is 0 Å². The first-order chi connectivity index (χ1) is 15.8. The van der Waals surface area contributed by atoms with Crippen molar-refractivity contribution in [2.75, 3.05) is 26.0 Å². The zero-order valence-corrected chi connectivity index (χ0v) is 20.1. The molecule has 2 aromatic rings. The number of aromatic nitrogens is 1. The number of ether oxygens (including phenoxy) is 1. The molecular formula is C26H30N2O4S. The van der Waals surface area contributed by atoms with Gasteiger partial charge in [0.15, 0.2) is 0 Å². The van der Waals surface area contributed by atoms with Gasteiger partial charge in [0.2, 0.25) is 10.0 Å². The number of allylic oxidation sites excluding steroid dienone is 2. The molecule has 0 spiro atoms. The van der Waals surface area contributed by atoms with Crippen LogP contribution in [0.4, 0.5) is 0 Å². The maximum atomic E-state index is 12.0. The first kappa shape index (κ1) is 23.4. The fourth-order valence-corrected chi connectivity index (χ4v) is 5.77. The Bertz CT molecular complexity index is 1210. The number of pyridine rings is 1. The summed E-state index contributed by atoms with van der Waals surface area (Å²) in [7, 11) is -3.19. The third kappa shape index (κ3) is 5.09. The molecule has 1 aromatic carbocycles. The molecular weight excluding hydrogens is 436 g/mol. The monoisotopic (exact) mass is 466 g/mol. The van der Waals surface area contributed by atoms with E-state index in [4.69, 9.17) is 9.72 Å². The van der Waals surface area contributed by atoms with Crippen molar-refractivity contribution in [1.82, 2.24) is 9.29 Å². The Morgan fingerprint density at radius 3 is 2.70 bits per heavy atom. The molecule has 6 nitrogen and oxygen atoms in total. The van der Waals surface area contributed by atoms with Crippen molar-refractivity contribution in [3.05, 3.63) is 76.6 Å². The van der Waals surface area contributed by atoms with E-state index in [1.165, 1.54) is 12.3 Å². The number of piperidine rings is 1. The summed E-state index contributed by atoms with van der Waals surface area (Å²) in [6.07, 6.45) is 10.0. The summed E-state index contributed by atoms with van der Waals surface area (Å²) < 4.78 is 30.7. The zero-order valence-electron chi connectivity index (χ0n) is 19.3. The van der Waals surface area contributed by atoms with Crippen LogP contribution < -0.4 is 0 Å². The zero-order chi connectivity index (χ0) is 23.6. The first-order valence-electron chi connectivity index (χ1n) is 11.4. The van der Waals surface area contributed by atoms with E-state index in [2.05, 4.69) is 37.3 Å². The largest absolute Gasteiger partial charge is 0.463 e. The van der Waals surface area contributed by atoms with Crippen molar-refractivity contribution in [3.63, 3.8) is 0 Å². The number of fused-ring (bicyclic) bond motifs is 2. The molecule has 1 fully saturated rings. The fourth-order valence-electron chi connectivity index (χ4n) is 4.90. The number of esters is 1. The number of hydrogen-bond acceptors (Lipinski definition) is 5. The molecule has 33 heavy (non-hydrogen) atoms. The third-order valence-corrected chi connectivity index (χ3v) is 7.76. The van der Waals surface area contributed by atoms with Crippen molar-refractivity contribution in [1.29, 1.82) is 0 Å². The smallest absolute Gasteiger partial charge is 0.330 e. The van der Waals surface area contributed by atoms with Gasteiger partial charge in [0.1, 0.15) is 0 Å². The highest BCUT2D eigenvalue weighted by molar-refractivity contribution is 7.88. The van der Waals surface area contributed by atoms with E-state index in [0.717, 1.165) is 46.4 Å². The topological polar surface area (TPSA) is 76.6 Å². The van der Waals surface area contributed by atoms with Crippen LogP contribution in [0.2, 0.25) is 0 Å². The third-order valence-electron chi connectivity index (χ3n) is 6.46. The fraction of sp³-hybridized carbons (Fsp3) is 0.385. The molecule has 4 rings (SSSR count). The maximum Gasteiger partial charge on any atom is 0.330 e. The van der Waals surface area contributed by atoms with Gasteiger partial charge in [-0.1, -0.05) is 29.8 Å². The second kappa shape index (κ2) is 9.61. The number of hydrogen-bond donors (Lipinski definition) is 0. The minimum Gasteiger partial charge on any atom is -0.463 e. The number of rotatable bonds is 5. The molecule has 1 aromatic heterocycles. The summed E-state index contributed by atoms with van der Waals surface area (Å²) in [5.74, 6) is -0.0592. The molecule has 174 valence electrons. The lowest BCUT2D eigenvalue weighted by molar-refractivity contribution is -0.137. The molecule has 1 unspecified atom stereocenters. The van der Waals surface area contributed by atoms with E-state index in [0.29, 0.717) is 19.7 Å². The van der Waals surface area contributed by atoms with E-state index < -0.39 is 10.0 Å². The quantitative estimate of drug-likeness (QED) is 0.488. The molecule has 0 amide bonds. The van der Waals surface area contributed by atoms with Crippen LogP contribution >= 0.6 is 0 Å². The molecule has 2 aliphatic rings. The van der Waals surface area contributed by atoms with Crippen LogP contribution in [0.15, 0.2) is 48.7 Å². The van der Waals surface area contributed by atoms with E-state index in [1.54, 1.807) is 11.2 Å².